The maximum atomic E-state index is 13.4. The Morgan fingerprint density at radius 3 is 2.55 bits per heavy atom. The number of aryl methyl sites for hydroxylation is 1. The van der Waals surface area contributed by atoms with Gasteiger partial charge in [-0.2, -0.15) is 0 Å². The number of rotatable bonds is 2. The van der Waals surface area contributed by atoms with Gasteiger partial charge in [0.15, 0.2) is 11.2 Å². The lowest BCUT2D eigenvalue weighted by Gasteiger charge is -2.22. The molecule has 8 heteroatoms. The predicted octanol–water partition coefficient (Wildman–Crippen LogP) is 5.26. The van der Waals surface area contributed by atoms with Crippen LogP contribution in [0.4, 0.5) is 5.82 Å². The molecule has 0 saturated carbocycles. The minimum atomic E-state index is -0.709. The molecular formula is C21H12BrClN2O4. The van der Waals surface area contributed by atoms with Gasteiger partial charge >= 0.3 is 0 Å². The first-order valence-corrected chi connectivity index (χ1v) is 9.90. The molecule has 1 atom stereocenters. The summed E-state index contributed by atoms with van der Waals surface area (Å²) in [6, 6.07) is 13.0. The molecule has 0 spiro atoms. The van der Waals surface area contributed by atoms with Crippen molar-refractivity contribution in [2.24, 2.45) is 0 Å². The summed E-state index contributed by atoms with van der Waals surface area (Å²) >= 11 is 9.42. The van der Waals surface area contributed by atoms with E-state index in [0.29, 0.717) is 33.1 Å². The monoisotopic (exact) mass is 470 g/mol. The van der Waals surface area contributed by atoms with Crippen molar-refractivity contribution in [2.45, 2.75) is 13.0 Å². The van der Waals surface area contributed by atoms with E-state index in [2.05, 4.69) is 21.1 Å². The van der Waals surface area contributed by atoms with Gasteiger partial charge in [-0.15, -0.1) is 0 Å². The third-order valence-corrected chi connectivity index (χ3v) is 5.63. The van der Waals surface area contributed by atoms with Crippen LogP contribution in [0.25, 0.3) is 11.0 Å². The molecule has 0 bridgehead atoms. The maximum absolute atomic E-state index is 13.4. The van der Waals surface area contributed by atoms with Gasteiger partial charge in [0.25, 0.3) is 5.91 Å². The Labute approximate surface area is 177 Å². The third-order valence-electron chi connectivity index (χ3n) is 4.88. The minimum absolute atomic E-state index is 0.00502. The highest BCUT2D eigenvalue weighted by Crippen LogP contribution is 2.41. The zero-order valence-electron chi connectivity index (χ0n) is 15.0. The summed E-state index contributed by atoms with van der Waals surface area (Å²) in [5.41, 5.74) is 1.06. The van der Waals surface area contributed by atoms with Crippen molar-refractivity contribution < 1.29 is 13.7 Å². The number of hydrogen-bond acceptors (Lipinski definition) is 5. The molecule has 3 heterocycles. The first-order chi connectivity index (χ1) is 13.9. The highest BCUT2D eigenvalue weighted by atomic mass is 79.9. The summed E-state index contributed by atoms with van der Waals surface area (Å²) in [7, 11) is 0. The number of halogens is 2. The van der Waals surface area contributed by atoms with E-state index in [9.17, 15) is 9.59 Å². The summed E-state index contributed by atoms with van der Waals surface area (Å²) in [6.45, 7) is 1.73. The van der Waals surface area contributed by atoms with E-state index in [-0.39, 0.29) is 16.8 Å². The van der Waals surface area contributed by atoms with Crippen LogP contribution in [-0.4, -0.2) is 11.1 Å². The SMILES string of the molecule is Cc1cc(N2C(=O)c3oc4ccc(Br)cc4c(=O)c3[C@@H]2c2ccc(Cl)cc2)no1. The van der Waals surface area contributed by atoms with Crippen LogP contribution in [0.2, 0.25) is 5.02 Å². The van der Waals surface area contributed by atoms with Crippen LogP contribution in [0.3, 0.4) is 0 Å². The van der Waals surface area contributed by atoms with Gasteiger partial charge in [0.1, 0.15) is 11.3 Å². The van der Waals surface area contributed by atoms with Crippen molar-refractivity contribution >= 4 is 50.2 Å². The van der Waals surface area contributed by atoms with E-state index >= 15 is 0 Å². The molecule has 0 radical (unpaired) electrons. The molecule has 144 valence electrons. The van der Waals surface area contributed by atoms with Crippen molar-refractivity contribution in [3.8, 4) is 0 Å². The van der Waals surface area contributed by atoms with Gasteiger partial charge in [0.2, 0.25) is 5.76 Å². The Morgan fingerprint density at radius 2 is 1.86 bits per heavy atom. The molecule has 5 rings (SSSR count). The number of fused-ring (bicyclic) bond motifs is 2. The molecule has 6 nitrogen and oxygen atoms in total. The number of amides is 1. The Hall–Kier alpha value is -2.90. The molecule has 0 unspecified atom stereocenters. The second kappa shape index (κ2) is 6.57. The fraction of sp³-hybridized carbons (Fsp3) is 0.0952. The van der Waals surface area contributed by atoms with Gasteiger partial charge in [-0.25, -0.2) is 0 Å². The third kappa shape index (κ3) is 2.81. The molecule has 1 amide bonds. The van der Waals surface area contributed by atoms with Crippen LogP contribution in [0.5, 0.6) is 0 Å². The van der Waals surface area contributed by atoms with Gasteiger partial charge in [-0.1, -0.05) is 44.8 Å². The summed E-state index contributed by atoms with van der Waals surface area (Å²) in [5, 5.41) is 4.93. The van der Waals surface area contributed by atoms with Crippen molar-refractivity contribution in [3.05, 3.63) is 90.9 Å². The second-order valence-corrected chi connectivity index (χ2v) is 8.09. The molecule has 0 saturated heterocycles. The predicted molar refractivity (Wildman–Crippen MR) is 112 cm³/mol. The molecule has 2 aromatic heterocycles. The lowest BCUT2D eigenvalue weighted by molar-refractivity contribution is 0.0969. The Balaban J connectivity index is 1.83. The van der Waals surface area contributed by atoms with E-state index in [1.54, 1.807) is 55.5 Å². The fourth-order valence-corrected chi connectivity index (χ4v) is 4.10. The number of benzene rings is 2. The molecule has 29 heavy (non-hydrogen) atoms. The van der Waals surface area contributed by atoms with Gasteiger partial charge in [0.05, 0.1) is 17.0 Å². The van der Waals surface area contributed by atoms with Crippen LogP contribution in [-0.2, 0) is 0 Å². The molecular weight excluding hydrogens is 460 g/mol. The first kappa shape index (κ1) is 18.1. The normalized spacial score (nSPS) is 15.9. The summed E-state index contributed by atoms with van der Waals surface area (Å²) in [5.74, 6) is 0.413. The van der Waals surface area contributed by atoms with E-state index in [1.807, 2.05) is 0 Å². The molecule has 2 aromatic carbocycles. The van der Waals surface area contributed by atoms with E-state index < -0.39 is 11.9 Å². The highest BCUT2D eigenvalue weighted by Gasteiger charge is 2.44. The molecule has 0 fully saturated rings. The number of nitrogens with zero attached hydrogens (tertiary/aromatic N) is 2. The molecule has 0 N–H and O–H groups in total. The lowest BCUT2D eigenvalue weighted by atomic mass is 9.98. The highest BCUT2D eigenvalue weighted by molar-refractivity contribution is 9.10. The number of anilines is 1. The Bertz CT molecular complexity index is 1340. The standard InChI is InChI=1S/C21H12BrClN2O4/c1-10-8-16(24-29-10)25-18(11-2-5-13(23)6-3-11)17-19(26)14-9-12(22)4-7-15(14)28-20(17)21(25)27/h2-9,18H,1H3/t18-/m0/s1. The van der Waals surface area contributed by atoms with Crippen LogP contribution in [0.1, 0.15) is 33.5 Å². The Morgan fingerprint density at radius 1 is 1.10 bits per heavy atom. The van der Waals surface area contributed by atoms with Gasteiger partial charge in [-0.3, -0.25) is 14.5 Å². The molecule has 4 aromatic rings. The molecule has 1 aliphatic rings. The van der Waals surface area contributed by atoms with Crippen LogP contribution in [0.15, 0.2) is 66.7 Å². The Kier molecular flexibility index (Phi) is 4.11. The average Bonchev–Trinajstić information content (AvgIpc) is 3.25. The van der Waals surface area contributed by atoms with E-state index in [4.69, 9.17) is 20.5 Å². The van der Waals surface area contributed by atoms with Crippen LogP contribution in [0, 0.1) is 6.92 Å². The van der Waals surface area contributed by atoms with E-state index in [1.165, 1.54) is 4.90 Å². The smallest absolute Gasteiger partial charge is 0.296 e. The van der Waals surface area contributed by atoms with Crippen LogP contribution < -0.4 is 10.3 Å². The van der Waals surface area contributed by atoms with E-state index in [0.717, 1.165) is 4.47 Å². The quantitative estimate of drug-likeness (QED) is 0.399. The van der Waals surface area contributed by atoms with Crippen molar-refractivity contribution in [1.29, 1.82) is 0 Å². The fourth-order valence-electron chi connectivity index (χ4n) is 3.61. The first-order valence-electron chi connectivity index (χ1n) is 8.72. The molecule has 0 aliphatic carbocycles. The summed E-state index contributed by atoms with van der Waals surface area (Å²) in [6.07, 6.45) is 0. The molecule has 1 aliphatic heterocycles. The number of aromatic nitrogens is 1. The number of carbonyl (C=O) groups excluding carboxylic acids is 1. The second-order valence-electron chi connectivity index (χ2n) is 6.74. The summed E-state index contributed by atoms with van der Waals surface area (Å²) in [4.78, 5) is 28.1. The summed E-state index contributed by atoms with van der Waals surface area (Å²) < 4.78 is 11.8. The lowest BCUT2D eigenvalue weighted by Crippen LogP contribution is -2.29. The van der Waals surface area contributed by atoms with Gasteiger partial charge < -0.3 is 8.94 Å². The van der Waals surface area contributed by atoms with Crippen molar-refractivity contribution in [2.75, 3.05) is 4.90 Å². The number of hydrogen-bond donors (Lipinski definition) is 0. The topological polar surface area (TPSA) is 76.6 Å². The zero-order valence-corrected chi connectivity index (χ0v) is 17.3. The van der Waals surface area contributed by atoms with Crippen LogP contribution >= 0.6 is 27.5 Å². The maximum Gasteiger partial charge on any atom is 0.296 e. The van der Waals surface area contributed by atoms with Crippen molar-refractivity contribution in [3.63, 3.8) is 0 Å². The van der Waals surface area contributed by atoms with Gasteiger partial charge in [0, 0.05) is 15.6 Å². The van der Waals surface area contributed by atoms with Gasteiger partial charge in [-0.05, 0) is 42.8 Å². The minimum Gasteiger partial charge on any atom is -0.450 e. The van der Waals surface area contributed by atoms with Crippen molar-refractivity contribution in [1.82, 2.24) is 5.16 Å². The zero-order chi connectivity index (χ0) is 20.3. The average molecular weight is 472 g/mol. The largest absolute Gasteiger partial charge is 0.450 e. The number of carbonyl (C=O) groups is 1.